The van der Waals surface area contributed by atoms with Crippen LogP contribution >= 0.6 is 23.2 Å². The molecule has 1 aromatic heterocycles. The van der Waals surface area contributed by atoms with E-state index in [1.165, 1.54) is 0 Å². The minimum absolute atomic E-state index is 0.207. The number of benzene rings is 1. The van der Waals surface area contributed by atoms with Crippen LogP contribution in [0.4, 0.5) is 4.39 Å². The highest BCUT2D eigenvalue weighted by Gasteiger charge is 2.14. The van der Waals surface area contributed by atoms with E-state index in [0.29, 0.717) is 16.7 Å². The molecule has 1 aromatic carbocycles. The molecule has 1 N–H and O–H groups in total. The van der Waals surface area contributed by atoms with Gasteiger partial charge in [-0.3, -0.25) is 0 Å². The average molecular weight is 287 g/mol. The van der Waals surface area contributed by atoms with Crippen molar-refractivity contribution >= 4 is 23.2 Å². The maximum Gasteiger partial charge on any atom is 0.197 e. The fourth-order valence-corrected chi connectivity index (χ4v) is 2.00. The normalized spacial score (nSPS) is 10.7. The van der Waals surface area contributed by atoms with Gasteiger partial charge in [0.2, 0.25) is 0 Å². The third-order valence-electron chi connectivity index (χ3n) is 2.52. The molecule has 0 saturated heterocycles. The van der Waals surface area contributed by atoms with E-state index in [4.69, 9.17) is 23.2 Å². The number of halogens is 3. The number of aromatic hydroxyl groups is 1. The molecule has 3 nitrogen and oxygen atoms in total. The van der Waals surface area contributed by atoms with Crippen molar-refractivity contribution in [1.29, 1.82) is 0 Å². The Morgan fingerprint density at radius 3 is 1.94 bits per heavy atom. The fourth-order valence-electron chi connectivity index (χ4n) is 1.61. The van der Waals surface area contributed by atoms with Crippen LogP contribution in [0.15, 0.2) is 12.1 Å². The quantitative estimate of drug-likeness (QED) is 0.809. The third-order valence-corrected chi connectivity index (χ3v) is 3.02. The lowest BCUT2D eigenvalue weighted by Gasteiger charge is -2.08. The molecule has 0 spiro atoms. The van der Waals surface area contributed by atoms with Crippen LogP contribution in [0, 0.1) is 19.7 Å². The predicted molar refractivity (Wildman–Crippen MR) is 68.6 cm³/mol. The molecule has 2 rings (SSSR count). The summed E-state index contributed by atoms with van der Waals surface area (Å²) in [7, 11) is 0. The highest BCUT2D eigenvalue weighted by Crippen LogP contribution is 2.29. The first-order valence-corrected chi connectivity index (χ1v) is 5.85. The van der Waals surface area contributed by atoms with E-state index in [0.717, 1.165) is 0 Å². The Kier molecular flexibility index (Phi) is 3.41. The molecule has 2 aromatic rings. The summed E-state index contributed by atoms with van der Waals surface area (Å²) in [6.07, 6.45) is 0. The van der Waals surface area contributed by atoms with Crippen molar-refractivity contribution in [3.8, 4) is 17.1 Å². The molecule has 0 amide bonds. The van der Waals surface area contributed by atoms with Gasteiger partial charge in [-0.15, -0.1) is 0 Å². The lowest BCUT2D eigenvalue weighted by molar-refractivity contribution is 0.467. The smallest absolute Gasteiger partial charge is 0.197 e. The molecule has 0 aliphatic rings. The van der Waals surface area contributed by atoms with Gasteiger partial charge in [0.05, 0.1) is 0 Å². The van der Waals surface area contributed by atoms with E-state index >= 15 is 0 Å². The van der Waals surface area contributed by atoms with E-state index in [1.807, 2.05) is 0 Å². The molecule has 18 heavy (non-hydrogen) atoms. The van der Waals surface area contributed by atoms with Gasteiger partial charge in [-0.25, -0.2) is 14.4 Å². The molecule has 0 radical (unpaired) electrons. The summed E-state index contributed by atoms with van der Waals surface area (Å²) in [5.41, 5.74) is 1.96. The molecular formula is C12H9Cl2FN2O. The van der Waals surface area contributed by atoms with Gasteiger partial charge >= 0.3 is 0 Å². The van der Waals surface area contributed by atoms with Crippen molar-refractivity contribution < 1.29 is 9.50 Å². The zero-order chi connectivity index (χ0) is 13.4. The molecule has 0 atom stereocenters. The minimum Gasteiger partial charge on any atom is -0.507 e. The second kappa shape index (κ2) is 4.71. The first-order valence-electron chi connectivity index (χ1n) is 5.09. The zero-order valence-corrected chi connectivity index (χ0v) is 11.1. The molecule has 0 saturated carbocycles. The SMILES string of the molecule is Cc1cc(-c2nc(Cl)c(F)c(Cl)n2)cc(C)c1O. The molecule has 0 fully saturated rings. The molecule has 1 heterocycles. The van der Waals surface area contributed by atoms with Gasteiger partial charge in [0.25, 0.3) is 0 Å². The largest absolute Gasteiger partial charge is 0.507 e. The van der Waals surface area contributed by atoms with Gasteiger partial charge in [-0.2, -0.15) is 0 Å². The Labute approximate surface area is 113 Å². The van der Waals surface area contributed by atoms with Crippen molar-refractivity contribution in [1.82, 2.24) is 9.97 Å². The molecule has 94 valence electrons. The van der Waals surface area contributed by atoms with Gasteiger partial charge in [-0.05, 0) is 37.1 Å². The Hall–Kier alpha value is -1.39. The van der Waals surface area contributed by atoms with Crippen LogP contribution in [0.1, 0.15) is 11.1 Å². The van der Waals surface area contributed by atoms with Crippen LogP contribution in [0.25, 0.3) is 11.4 Å². The Balaban J connectivity index is 2.63. The van der Waals surface area contributed by atoms with Crippen LogP contribution in [0.3, 0.4) is 0 Å². The predicted octanol–water partition coefficient (Wildman–Crippen LogP) is 3.91. The van der Waals surface area contributed by atoms with Crippen LogP contribution < -0.4 is 0 Å². The van der Waals surface area contributed by atoms with Gasteiger partial charge in [0, 0.05) is 5.56 Å². The number of phenols is 1. The average Bonchev–Trinajstić information content (AvgIpc) is 2.31. The number of phenolic OH excluding ortho intramolecular Hbond substituents is 1. The van der Waals surface area contributed by atoms with Crippen LogP contribution in [-0.2, 0) is 0 Å². The fraction of sp³-hybridized carbons (Fsp3) is 0.167. The Morgan fingerprint density at radius 1 is 1.06 bits per heavy atom. The maximum atomic E-state index is 13.2. The first-order chi connectivity index (χ1) is 8.40. The van der Waals surface area contributed by atoms with E-state index < -0.39 is 5.82 Å². The summed E-state index contributed by atoms with van der Waals surface area (Å²) in [5, 5.41) is 9.03. The molecule has 6 heteroatoms. The Morgan fingerprint density at radius 2 is 1.50 bits per heavy atom. The standard InChI is InChI=1S/C12H9Cl2FN2O/c1-5-3-7(4-6(2)9(5)18)12-16-10(13)8(15)11(14)17-12/h3-4,18H,1-2H3. The topological polar surface area (TPSA) is 46.0 Å². The van der Waals surface area contributed by atoms with E-state index in [2.05, 4.69) is 9.97 Å². The minimum atomic E-state index is -0.839. The number of aryl methyl sites for hydroxylation is 2. The Bertz CT molecular complexity index is 530. The van der Waals surface area contributed by atoms with Crippen molar-refractivity contribution in [3.05, 3.63) is 39.4 Å². The van der Waals surface area contributed by atoms with Crippen molar-refractivity contribution in [2.45, 2.75) is 13.8 Å². The van der Waals surface area contributed by atoms with Gasteiger partial charge in [-0.1, -0.05) is 23.2 Å². The maximum absolute atomic E-state index is 13.2. The molecule has 0 unspecified atom stereocenters. The van der Waals surface area contributed by atoms with Crippen LogP contribution in [0.2, 0.25) is 10.3 Å². The second-order valence-electron chi connectivity index (χ2n) is 3.90. The molecule has 0 aliphatic heterocycles. The van der Waals surface area contributed by atoms with Crippen molar-refractivity contribution in [3.63, 3.8) is 0 Å². The molecule has 0 aliphatic carbocycles. The summed E-state index contributed by atoms with van der Waals surface area (Å²) in [5.74, 6) is -0.412. The number of nitrogens with zero attached hydrogens (tertiary/aromatic N) is 2. The number of hydrogen-bond donors (Lipinski definition) is 1. The number of hydrogen-bond acceptors (Lipinski definition) is 3. The highest BCUT2D eigenvalue weighted by atomic mass is 35.5. The van der Waals surface area contributed by atoms with Crippen molar-refractivity contribution in [2.75, 3.05) is 0 Å². The van der Waals surface area contributed by atoms with Crippen molar-refractivity contribution in [2.24, 2.45) is 0 Å². The van der Waals surface area contributed by atoms with E-state index in [-0.39, 0.29) is 21.9 Å². The lowest BCUT2D eigenvalue weighted by atomic mass is 10.1. The highest BCUT2D eigenvalue weighted by molar-refractivity contribution is 6.33. The van der Waals surface area contributed by atoms with Crippen LogP contribution in [-0.4, -0.2) is 15.1 Å². The van der Waals surface area contributed by atoms with Gasteiger partial charge in [0.15, 0.2) is 21.9 Å². The number of aromatic nitrogens is 2. The van der Waals surface area contributed by atoms with E-state index in [1.54, 1.807) is 26.0 Å². The van der Waals surface area contributed by atoms with E-state index in [9.17, 15) is 9.50 Å². The van der Waals surface area contributed by atoms with Crippen LogP contribution in [0.5, 0.6) is 5.75 Å². The summed E-state index contributed by atoms with van der Waals surface area (Å²) in [6, 6.07) is 3.37. The third kappa shape index (κ3) is 2.26. The summed E-state index contributed by atoms with van der Waals surface area (Å²) in [6.45, 7) is 3.50. The summed E-state index contributed by atoms with van der Waals surface area (Å²) in [4.78, 5) is 7.66. The monoisotopic (exact) mass is 286 g/mol. The summed E-state index contributed by atoms with van der Waals surface area (Å²) >= 11 is 11.2. The first kappa shape index (κ1) is 13.1. The summed E-state index contributed by atoms with van der Waals surface area (Å²) < 4.78 is 13.2. The molecular weight excluding hydrogens is 278 g/mol. The zero-order valence-electron chi connectivity index (χ0n) is 9.63. The molecule has 0 bridgehead atoms. The lowest BCUT2D eigenvalue weighted by Crippen LogP contribution is -1.95. The van der Waals surface area contributed by atoms with Gasteiger partial charge < -0.3 is 5.11 Å². The number of rotatable bonds is 1. The second-order valence-corrected chi connectivity index (χ2v) is 4.62. The van der Waals surface area contributed by atoms with Gasteiger partial charge in [0.1, 0.15) is 5.75 Å².